The predicted octanol–water partition coefficient (Wildman–Crippen LogP) is 4.82. The van der Waals surface area contributed by atoms with Gasteiger partial charge in [0, 0.05) is 36.2 Å². The van der Waals surface area contributed by atoms with Gasteiger partial charge in [0.15, 0.2) is 0 Å². The SMILES string of the molecule is CC(C)(C)c1cc(NC(=O)C2CCN(C(=O)Nc3ccccc3)CC2)n(C(C)(C)C)n1. The van der Waals surface area contributed by atoms with E-state index in [9.17, 15) is 9.59 Å². The van der Waals surface area contributed by atoms with Crippen LogP contribution in [0.2, 0.25) is 0 Å². The highest BCUT2D eigenvalue weighted by Crippen LogP contribution is 2.29. The summed E-state index contributed by atoms with van der Waals surface area (Å²) in [5.41, 5.74) is 1.38. The van der Waals surface area contributed by atoms with Crippen LogP contribution in [0.15, 0.2) is 36.4 Å². The highest BCUT2D eigenvalue weighted by Gasteiger charge is 2.30. The first-order chi connectivity index (χ1) is 14.4. The van der Waals surface area contributed by atoms with Crippen molar-refractivity contribution >= 4 is 23.4 Å². The maximum Gasteiger partial charge on any atom is 0.321 e. The summed E-state index contributed by atoms with van der Waals surface area (Å²) in [6.07, 6.45) is 1.29. The summed E-state index contributed by atoms with van der Waals surface area (Å²) in [4.78, 5) is 27.3. The van der Waals surface area contributed by atoms with Crippen LogP contribution < -0.4 is 10.6 Å². The Balaban J connectivity index is 1.61. The van der Waals surface area contributed by atoms with Gasteiger partial charge in [0.05, 0.1) is 11.2 Å². The summed E-state index contributed by atoms with van der Waals surface area (Å²) < 4.78 is 1.90. The quantitative estimate of drug-likeness (QED) is 0.740. The molecule has 2 N–H and O–H groups in total. The van der Waals surface area contributed by atoms with Crippen molar-refractivity contribution in [2.45, 2.75) is 65.3 Å². The van der Waals surface area contributed by atoms with E-state index in [4.69, 9.17) is 5.10 Å². The van der Waals surface area contributed by atoms with Crippen LogP contribution in [0.25, 0.3) is 0 Å². The fourth-order valence-corrected chi connectivity index (χ4v) is 3.65. The average molecular weight is 426 g/mol. The molecule has 1 aromatic heterocycles. The highest BCUT2D eigenvalue weighted by atomic mass is 16.2. The van der Waals surface area contributed by atoms with Gasteiger partial charge in [-0.1, -0.05) is 39.0 Å². The second-order valence-corrected chi connectivity index (χ2v) is 10.3. The van der Waals surface area contributed by atoms with Gasteiger partial charge in [-0.15, -0.1) is 0 Å². The van der Waals surface area contributed by atoms with Crippen LogP contribution in [0.3, 0.4) is 0 Å². The number of anilines is 2. The van der Waals surface area contributed by atoms with Crippen LogP contribution in [0.4, 0.5) is 16.3 Å². The summed E-state index contributed by atoms with van der Waals surface area (Å²) in [6.45, 7) is 13.7. The summed E-state index contributed by atoms with van der Waals surface area (Å²) >= 11 is 0. The molecule has 1 saturated heterocycles. The summed E-state index contributed by atoms with van der Waals surface area (Å²) in [7, 11) is 0. The first kappa shape index (κ1) is 22.8. The molecule has 31 heavy (non-hydrogen) atoms. The van der Waals surface area contributed by atoms with Crippen LogP contribution in [0.5, 0.6) is 0 Å². The Morgan fingerprint density at radius 3 is 2.13 bits per heavy atom. The molecule has 1 aliphatic rings. The van der Waals surface area contributed by atoms with Gasteiger partial charge in [0.25, 0.3) is 0 Å². The summed E-state index contributed by atoms with van der Waals surface area (Å²) in [5, 5.41) is 10.8. The fourth-order valence-electron chi connectivity index (χ4n) is 3.65. The second kappa shape index (κ2) is 8.73. The van der Waals surface area contributed by atoms with Crippen molar-refractivity contribution in [2.24, 2.45) is 5.92 Å². The van der Waals surface area contributed by atoms with Crippen LogP contribution in [-0.2, 0) is 15.7 Å². The van der Waals surface area contributed by atoms with Crippen LogP contribution in [0, 0.1) is 5.92 Å². The Morgan fingerprint density at radius 2 is 1.58 bits per heavy atom. The number of benzene rings is 1. The van der Waals surface area contributed by atoms with Gasteiger partial charge in [-0.3, -0.25) is 4.79 Å². The lowest BCUT2D eigenvalue weighted by Crippen LogP contribution is -2.43. The molecule has 168 valence electrons. The smallest absolute Gasteiger partial charge is 0.321 e. The van der Waals surface area contributed by atoms with Crippen molar-refractivity contribution in [2.75, 3.05) is 23.7 Å². The van der Waals surface area contributed by atoms with Crippen molar-refractivity contribution < 1.29 is 9.59 Å². The van der Waals surface area contributed by atoms with E-state index in [2.05, 4.69) is 52.2 Å². The number of nitrogens with one attached hydrogen (secondary N) is 2. The fraction of sp³-hybridized carbons (Fsp3) is 0.542. The number of rotatable bonds is 3. The number of nitrogens with zero attached hydrogens (tertiary/aromatic N) is 3. The third-order valence-electron chi connectivity index (χ3n) is 5.54. The predicted molar refractivity (Wildman–Crippen MR) is 124 cm³/mol. The number of urea groups is 1. The molecule has 7 nitrogen and oxygen atoms in total. The molecule has 7 heteroatoms. The maximum absolute atomic E-state index is 13.0. The lowest BCUT2D eigenvalue weighted by atomic mass is 9.92. The maximum atomic E-state index is 13.0. The number of aromatic nitrogens is 2. The summed E-state index contributed by atoms with van der Waals surface area (Å²) in [5.74, 6) is 0.600. The van der Waals surface area contributed by atoms with Gasteiger partial charge >= 0.3 is 6.03 Å². The molecule has 0 bridgehead atoms. The van der Waals surface area contributed by atoms with E-state index in [-0.39, 0.29) is 28.8 Å². The average Bonchev–Trinajstić information content (AvgIpc) is 3.13. The van der Waals surface area contributed by atoms with Crippen molar-refractivity contribution in [3.05, 3.63) is 42.1 Å². The van der Waals surface area contributed by atoms with Crippen LogP contribution >= 0.6 is 0 Å². The van der Waals surface area contributed by atoms with Crippen molar-refractivity contribution in [3.63, 3.8) is 0 Å². The molecule has 0 unspecified atom stereocenters. The normalized spacial score (nSPS) is 15.6. The van der Waals surface area contributed by atoms with Gasteiger partial charge in [-0.05, 0) is 45.7 Å². The molecule has 3 amide bonds. The number of hydrogen-bond donors (Lipinski definition) is 2. The minimum absolute atomic E-state index is 0.00558. The van der Waals surface area contributed by atoms with Crippen molar-refractivity contribution in [3.8, 4) is 0 Å². The Hall–Kier alpha value is -2.83. The number of carbonyl (C=O) groups is 2. The highest BCUT2D eigenvalue weighted by molar-refractivity contribution is 5.93. The molecule has 2 aromatic rings. The van der Waals surface area contributed by atoms with E-state index >= 15 is 0 Å². The second-order valence-electron chi connectivity index (χ2n) is 10.3. The van der Waals surface area contributed by atoms with Gasteiger partial charge in [0.2, 0.25) is 5.91 Å². The minimum Gasteiger partial charge on any atom is -0.324 e. The zero-order valence-corrected chi connectivity index (χ0v) is 19.5. The molecular weight excluding hydrogens is 390 g/mol. The molecule has 0 saturated carbocycles. The molecule has 0 atom stereocenters. The topological polar surface area (TPSA) is 79.3 Å². The minimum atomic E-state index is -0.245. The third-order valence-corrected chi connectivity index (χ3v) is 5.54. The van der Waals surface area contributed by atoms with E-state index in [1.54, 1.807) is 4.90 Å². The zero-order valence-electron chi connectivity index (χ0n) is 19.5. The molecule has 2 heterocycles. The molecule has 0 spiro atoms. The van der Waals surface area contributed by atoms with Crippen molar-refractivity contribution in [1.82, 2.24) is 14.7 Å². The standard InChI is InChI=1S/C24H35N5O2/c1-23(2,3)19-16-20(29(27-19)24(4,5)6)26-21(30)17-12-14-28(15-13-17)22(31)25-18-10-8-7-9-11-18/h7-11,16-17H,12-15H2,1-6H3,(H,25,31)(H,26,30). The lowest BCUT2D eigenvalue weighted by molar-refractivity contribution is -0.121. The van der Waals surface area contributed by atoms with Crippen LogP contribution in [0.1, 0.15) is 60.1 Å². The van der Waals surface area contributed by atoms with Crippen molar-refractivity contribution in [1.29, 1.82) is 0 Å². The Bertz CT molecular complexity index is 914. The monoisotopic (exact) mass is 425 g/mol. The molecule has 0 radical (unpaired) electrons. The number of amides is 3. The molecule has 1 fully saturated rings. The van der Waals surface area contributed by atoms with E-state index in [0.29, 0.717) is 25.9 Å². The Morgan fingerprint density at radius 1 is 0.968 bits per heavy atom. The summed E-state index contributed by atoms with van der Waals surface area (Å²) in [6, 6.07) is 11.3. The first-order valence-corrected chi connectivity index (χ1v) is 11.0. The number of carbonyl (C=O) groups excluding carboxylic acids is 2. The van der Waals surface area contributed by atoms with Gasteiger partial charge in [0.1, 0.15) is 5.82 Å². The number of likely N-dealkylation sites (tertiary alicyclic amines) is 1. The number of hydrogen-bond acceptors (Lipinski definition) is 3. The largest absolute Gasteiger partial charge is 0.324 e. The van der Waals surface area contributed by atoms with Gasteiger partial charge < -0.3 is 15.5 Å². The Kier molecular flexibility index (Phi) is 6.43. The number of para-hydroxylation sites is 1. The Labute approximate surface area is 185 Å². The van der Waals surface area contributed by atoms with E-state index in [0.717, 1.165) is 17.2 Å². The molecule has 3 rings (SSSR count). The van der Waals surface area contributed by atoms with E-state index in [1.807, 2.05) is 41.1 Å². The third kappa shape index (κ3) is 5.66. The molecule has 0 aliphatic carbocycles. The first-order valence-electron chi connectivity index (χ1n) is 11.0. The number of piperidine rings is 1. The van der Waals surface area contributed by atoms with Gasteiger partial charge in [-0.25, -0.2) is 9.48 Å². The molecular formula is C24H35N5O2. The zero-order chi connectivity index (χ0) is 22.8. The molecule has 1 aromatic carbocycles. The van der Waals surface area contributed by atoms with E-state index < -0.39 is 0 Å². The van der Waals surface area contributed by atoms with Gasteiger partial charge in [-0.2, -0.15) is 5.10 Å². The van der Waals surface area contributed by atoms with Crippen LogP contribution in [-0.4, -0.2) is 39.7 Å². The molecule has 1 aliphatic heterocycles. The lowest BCUT2D eigenvalue weighted by Gasteiger charge is -2.31. The van der Waals surface area contributed by atoms with E-state index in [1.165, 1.54) is 0 Å².